The lowest BCUT2D eigenvalue weighted by molar-refractivity contribution is -0.148. The minimum absolute atomic E-state index is 0.266. The molecule has 0 atom stereocenters. The van der Waals surface area contributed by atoms with Crippen molar-refractivity contribution in [2.75, 3.05) is 6.54 Å². The van der Waals surface area contributed by atoms with E-state index in [2.05, 4.69) is 33.3 Å². The van der Waals surface area contributed by atoms with Crippen molar-refractivity contribution in [2.24, 2.45) is 0 Å². The molecule has 2 aromatic heterocycles. The molecule has 0 saturated heterocycles. The topological polar surface area (TPSA) is 34.0 Å². The van der Waals surface area contributed by atoms with E-state index >= 15 is 0 Å². The van der Waals surface area contributed by atoms with Crippen LogP contribution in [0.25, 0.3) is 10.1 Å². The van der Waals surface area contributed by atoms with Crippen molar-refractivity contribution in [2.45, 2.75) is 25.8 Å². The molecule has 0 amide bonds. The molecule has 0 unspecified atom stereocenters. The van der Waals surface area contributed by atoms with Crippen molar-refractivity contribution in [3.63, 3.8) is 0 Å². The largest absolute Gasteiger partial charge is 0.451 e. The lowest BCUT2D eigenvalue weighted by Crippen LogP contribution is -2.34. The molecule has 0 fully saturated rings. The van der Waals surface area contributed by atoms with Crippen LogP contribution in [-0.2, 0) is 25.8 Å². The zero-order chi connectivity index (χ0) is 16.0. The Morgan fingerprint density at radius 3 is 2.74 bits per heavy atom. The van der Waals surface area contributed by atoms with Gasteiger partial charge in [0.15, 0.2) is 0 Å². The summed E-state index contributed by atoms with van der Waals surface area (Å²) in [5.74, 6) is -0.515. The van der Waals surface area contributed by atoms with E-state index in [9.17, 15) is 13.2 Å². The fourth-order valence-electron chi connectivity index (χ4n) is 2.89. The van der Waals surface area contributed by atoms with Gasteiger partial charge >= 0.3 is 6.18 Å². The molecule has 0 radical (unpaired) electrons. The Morgan fingerprint density at radius 1 is 1.13 bits per heavy atom. The summed E-state index contributed by atoms with van der Waals surface area (Å²) in [6.07, 6.45) is -4.45. The third-order valence-electron chi connectivity index (χ3n) is 3.94. The maximum atomic E-state index is 12.8. The quantitative estimate of drug-likeness (QED) is 0.717. The van der Waals surface area contributed by atoms with Gasteiger partial charge in [-0.2, -0.15) is 13.2 Å². The molecule has 120 valence electrons. The van der Waals surface area contributed by atoms with Gasteiger partial charge in [0.1, 0.15) is 5.82 Å². The van der Waals surface area contributed by atoms with Crippen LogP contribution in [0.2, 0.25) is 0 Å². The Morgan fingerprint density at radius 2 is 1.96 bits per heavy atom. The van der Waals surface area contributed by atoms with Crippen LogP contribution in [0.1, 0.15) is 16.5 Å². The van der Waals surface area contributed by atoms with Gasteiger partial charge in [-0.05, 0) is 17.5 Å². The Labute approximate surface area is 134 Å². The van der Waals surface area contributed by atoms with E-state index in [0.29, 0.717) is 25.5 Å². The van der Waals surface area contributed by atoms with Crippen molar-refractivity contribution in [1.29, 1.82) is 0 Å². The highest BCUT2D eigenvalue weighted by Crippen LogP contribution is 2.30. The first-order valence-electron chi connectivity index (χ1n) is 7.20. The van der Waals surface area contributed by atoms with Gasteiger partial charge in [-0.1, -0.05) is 18.2 Å². The van der Waals surface area contributed by atoms with E-state index in [1.54, 1.807) is 11.3 Å². The predicted octanol–water partition coefficient (Wildman–Crippen LogP) is 3.53. The molecular formula is C15H13F3N4S. The SMILES string of the molecule is FC(F)(F)c1nnc2n1CCN(Cc1cc3ccccc3s1)C2. The van der Waals surface area contributed by atoms with Gasteiger partial charge in [0.25, 0.3) is 0 Å². The van der Waals surface area contributed by atoms with Crippen LogP contribution in [0.15, 0.2) is 30.3 Å². The molecule has 3 heterocycles. The summed E-state index contributed by atoms with van der Waals surface area (Å²) in [5.41, 5.74) is 0. The fraction of sp³-hybridized carbons (Fsp3) is 0.333. The molecule has 23 heavy (non-hydrogen) atoms. The molecule has 0 N–H and O–H groups in total. The van der Waals surface area contributed by atoms with Gasteiger partial charge in [0.05, 0.1) is 6.54 Å². The van der Waals surface area contributed by atoms with E-state index < -0.39 is 12.0 Å². The third kappa shape index (κ3) is 2.72. The minimum Gasteiger partial charge on any atom is -0.305 e. The molecule has 1 aliphatic rings. The summed E-state index contributed by atoms with van der Waals surface area (Å²) in [7, 11) is 0. The second-order valence-electron chi connectivity index (χ2n) is 5.55. The monoisotopic (exact) mass is 338 g/mol. The fourth-order valence-corrected chi connectivity index (χ4v) is 3.99. The van der Waals surface area contributed by atoms with Crippen LogP contribution >= 0.6 is 11.3 Å². The first-order chi connectivity index (χ1) is 11.0. The smallest absolute Gasteiger partial charge is 0.305 e. The Hall–Kier alpha value is -1.93. The number of alkyl halides is 3. The van der Waals surface area contributed by atoms with Crippen molar-refractivity contribution in [1.82, 2.24) is 19.7 Å². The molecular weight excluding hydrogens is 325 g/mol. The highest BCUT2D eigenvalue weighted by Gasteiger charge is 2.39. The molecule has 0 bridgehead atoms. The molecule has 1 aromatic carbocycles. The average molecular weight is 338 g/mol. The predicted molar refractivity (Wildman–Crippen MR) is 81.0 cm³/mol. The third-order valence-corrected chi connectivity index (χ3v) is 5.04. The normalized spacial score (nSPS) is 16.0. The van der Waals surface area contributed by atoms with Crippen LogP contribution in [-0.4, -0.2) is 26.2 Å². The van der Waals surface area contributed by atoms with E-state index in [4.69, 9.17) is 0 Å². The van der Waals surface area contributed by atoms with Crippen LogP contribution < -0.4 is 0 Å². The summed E-state index contributed by atoms with van der Waals surface area (Å²) in [5, 5.41) is 8.22. The van der Waals surface area contributed by atoms with Crippen molar-refractivity contribution in [3.05, 3.63) is 46.9 Å². The summed E-state index contributed by atoms with van der Waals surface area (Å²) in [6.45, 7) is 1.93. The van der Waals surface area contributed by atoms with Crippen LogP contribution in [0.4, 0.5) is 13.2 Å². The van der Waals surface area contributed by atoms with Gasteiger partial charge in [0, 0.05) is 29.2 Å². The summed E-state index contributed by atoms with van der Waals surface area (Å²) >= 11 is 1.72. The molecule has 8 heteroatoms. The maximum Gasteiger partial charge on any atom is 0.451 e. The second-order valence-corrected chi connectivity index (χ2v) is 6.72. The number of halogens is 3. The molecule has 1 aliphatic heterocycles. The summed E-state index contributed by atoms with van der Waals surface area (Å²) < 4.78 is 40.9. The van der Waals surface area contributed by atoms with Crippen molar-refractivity contribution in [3.8, 4) is 0 Å². The molecule has 0 spiro atoms. The number of benzene rings is 1. The van der Waals surface area contributed by atoms with Crippen molar-refractivity contribution >= 4 is 21.4 Å². The first-order valence-corrected chi connectivity index (χ1v) is 8.01. The Bertz CT molecular complexity index is 819. The van der Waals surface area contributed by atoms with Gasteiger partial charge in [-0.25, -0.2) is 0 Å². The Kier molecular flexibility index (Phi) is 3.38. The maximum absolute atomic E-state index is 12.8. The molecule has 0 aliphatic carbocycles. The van der Waals surface area contributed by atoms with E-state index in [1.807, 2.05) is 12.1 Å². The molecule has 4 rings (SSSR count). The van der Waals surface area contributed by atoms with E-state index in [-0.39, 0.29) is 6.54 Å². The number of hydrogen-bond donors (Lipinski definition) is 0. The lowest BCUT2D eigenvalue weighted by atomic mass is 10.2. The Balaban J connectivity index is 1.53. The van der Waals surface area contributed by atoms with E-state index in [0.717, 1.165) is 0 Å². The summed E-state index contributed by atoms with van der Waals surface area (Å²) in [6, 6.07) is 10.3. The van der Waals surface area contributed by atoms with Crippen LogP contribution in [0.5, 0.6) is 0 Å². The van der Waals surface area contributed by atoms with Crippen molar-refractivity contribution < 1.29 is 13.2 Å². The highest BCUT2D eigenvalue weighted by atomic mass is 32.1. The first kappa shape index (κ1) is 14.6. The van der Waals surface area contributed by atoms with Gasteiger partial charge in [0.2, 0.25) is 5.82 Å². The molecule has 4 nitrogen and oxygen atoms in total. The number of thiophene rings is 1. The number of hydrogen-bond acceptors (Lipinski definition) is 4. The lowest BCUT2D eigenvalue weighted by Gasteiger charge is -2.27. The minimum atomic E-state index is -4.45. The number of nitrogens with zero attached hydrogens (tertiary/aromatic N) is 4. The standard InChI is InChI=1S/C15H13F3N4S/c16-15(17,18)14-20-19-13-9-21(5-6-22(13)14)8-11-7-10-3-1-2-4-12(10)23-11/h1-4,7H,5-6,8-9H2. The summed E-state index contributed by atoms with van der Waals surface area (Å²) in [4.78, 5) is 3.31. The van der Waals surface area contributed by atoms with Crippen LogP contribution in [0, 0.1) is 0 Å². The number of rotatable bonds is 2. The van der Waals surface area contributed by atoms with Gasteiger partial charge in [-0.15, -0.1) is 21.5 Å². The van der Waals surface area contributed by atoms with E-state index in [1.165, 1.54) is 19.5 Å². The van der Waals surface area contributed by atoms with Gasteiger partial charge in [-0.3, -0.25) is 4.90 Å². The average Bonchev–Trinajstić information content (AvgIpc) is 3.09. The second kappa shape index (κ2) is 5.31. The molecule has 0 saturated carbocycles. The zero-order valence-electron chi connectivity index (χ0n) is 12.0. The number of aromatic nitrogens is 3. The zero-order valence-corrected chi connectivity index (χ0v) is 12.9. The highest BCUT2D eigenvalue weighted by molar-refractivity contribution is 7.19. The molecule has 3 aromatic rings. The van der Waals surface area contributed by atoms with Crippen LogP contribution in [0.3, 0.4) is 0 Å². The number of fused-ring (bicyclic) bond motifs is 2. The van der Waals surface area contributed by atoms with Gasteiger partial charge < -0.3 is 4.57 Å².